The molecule has 0 spiro atoms. The van der Waals surface area contributed by atoms with E-state index in [4.69, 9.17) is 0 Å². The van der Waals surface area contributed by atoms with Crippen molar-refractivity contribution in [2.45, 2.75) is 27.7 Å². The minimum Gasteiger partial charge on any atom is -0.289 e. The topological polar surface area (TPSA) is 17.1 Å². The summed E-state index contributed by atoms with van der Waals surface area (Å²) in [5, 5.41) is 0. The maximum Gasteiger partial charge on any atom is 0.193 e. The maximum absolute atomic E-state index is 12.2. The van der Waals surface area contributed by atoms with Gasteiger partial charge in [-0.05, 0) is 25.5 Å². The molecule has 0 bridgehead atoms. The SMILES string of the molecule is CC.Cc1cccc(C(=O)c2ccccc2C)c1. The molecule has 0 saturated heterocycles. The van der Waals surface area contributed by atoms with E-state index in [1.54, 1.807) is 0 Å². The van der Waals surface area contributed by atoms with Crippen LogP contribution in [0.1, 0.15) is 40.9 Å². The van der Waals surface area contributed by atoms with Crippen LogP contribution < -0.4 is 0 Å². The molecule has 18 heavy (non-hydrogen) atoms. The van der Waals surface area contributed by atoms with Crippen LogP contribution in [0.2, 0.25) is 0 Å². The predicted octanol–water partition coefficient (Wildman–Crippen LogP) is 4.56. The summed E-state index contributed by atoms with van der Waals surface area (Å²) in [7, 11) is 0. The third kappa shape index (κ3) is 3.30. The van der Waals surface area contributed by atoms with Crippen molar-refractivity contribution in [1.29, 1.82) is 0 Å². The lowest BCUT2D eigenvalue weighted by Gasteiger charge is -2.05. The first-order valence-electron chi connectivity index (χ1n) is 6.35. The quantitative estimate of drug-likeness (QED) is 0.703. The second-order valence-electron chi connectivity index (χ2n) is 4.01. The summed E-state index contributed by atoms with van der Waals surface area (Å²) in [6, 6.07) is 15.4. The van der Waals surface area contributed by atoms with E-state index >= 15 is 0 Å². The standard InChI is InChI=1S/C15H14O.C2H6/c1-11-6-5-8-13(10-11)15(16)14-9-4-3-7-12(14)2;1-2/h3-10H,1-2H3;1-2H3. The van der Waals surface area contributed by atoms with Crippen molar-refractivity contribution in [2.24, 2.45) is 0 Å². The highest BCUT2D eigenvalue weighted by molar-refractivity contribution is 6.09. The Morgan fingerprint density at radius 2 is 1.56 bits per heavy atom. The Hall–Kier alpha value is -1.89. The summed E-state index contributed by atoms with van der Waals surface area (Å²) in [6.07, 6.45) is 0. The van der Waals surface area contributed by atoms with Crippen molar-refractivity contribution in [3.8, 4) is 0 Å². The second kappa shape index (κ2) is 6.75. The van der Waals surface area contributed by atoms with Gasteiger partial charge in [0.2, 0.25) is 0 Å². The number of hydrogen-bond acceptors (Lipinski definition) is 1. The number of carbonyl (C=O) groups is 1. The molecule has 0 aromatic heterocycles. The summed E-state index contributed by atoms with van der Waals surface area (Å²) >= 11 is 0. The van der Waals surface area contributed by atoms with E-state index in [9.17, 15) is 4.79 Å². The minimum absolute atomic E-state index is 0.0989. The summed E-state index contributed by atoms with van der Waals surface area (Å²) in [5.41, 5.74) is 3.68. The Balaban J connectivity index is 0.000000771. The van der Waals surface area contributed by atoms with Crippen LogP contribution in [0.3, 0.4) is 0 Å². The zero-order valence-electron chi connectivity index (χ0n) is 11.5. The van der Waals surface area contributed by atoms with Crippen LogP contribution in [0, 0.1) is 13.8 Å². The lowest BCUT2D eigenvalue weighted by molar-refractivity contribution is 0.103. The van der Waals surface area contributed by atoms with Gasteiger partial charge in [-0.15, -0.1) is 0 Å². The first-order chi connectivity index (χ1) is 8.68. The van der Waals surface area contributed by atoms with Gasteiger partial charge in [-0.3, -0.25) is 4.79 Å². The van der Waals surface area contributed by atoms with Gasteiger partial charge in [0.1, 0.15) is 0 Å². The molecule has 0 amide bonds. The fourth-order valence-corrected chi connectivity index (χ4v) is 1.77. The number of hydrogen-bond donors (Lipinski definition) is 0. The molecule has 0 aliphatic carbocycles. The Bertz CT molecular complexity index is 527. The van der Waals surface area contributed by atoms with E-state index in [1.807, 2.05) is 76.2 Å². The van der Waals surface area contributed by atoms with Gasteiger partial charge in [0, 0.05) is 11.1 Å². The molecule has 0 N–H and O–H groups in total. The molecule has 0 radical (unpaired) electrons. The van der Waals surface area contributed by atoms with E-state index in [2.05, 4.69) is 0 Å². The fourth-order valence-electron chi connectivity index (χ4n) is 1.77. The van der Waals surface area contributed by atoms with Crippen LogP contribution in [-0.2, 0) is 0 Å². The lowest BCUT2D eigenvalue weighted by atomic mass is 9.98. The van der Waals surface area contributed by atoms with Crippen LogP contribution in [-0.4, -0.2) is 5.78 Å². The third-order valence-electron chi connectivity index (χ3n) is 2.67. The number of ketones is 1. The highest BCUT2D eigenvalue weighted by atomic mass is 16.1. The summed E-state index contributed by atoms with van der Waals surface area (Å²) in [5.74, 6) is 0.0989. The summed E-state index contributed by atoms with van der Waals surface area (Å²) in [6.45, 7) is 7.96. The molecule has 0 heterocycles. The number of aryl methyl sites for hydroxylation is 2. The Kier molecular flexibility index (Phi) is 5.31. The van der Waals surface area contributed by atoms with Crippen molar-refractivity contribution < 1.29 is 4.79 Å². The normalized spacial score (nSPS) is 9.33. The molecular formula is C17H20O. The fraction of sp³-hybridized carbons (Fsp3) is 0.235. The average molecular weight is 240 g/mol. The molecule has 94 valence electrons. The van der Waals surface area contributed by atoms with Crippen molar-refractivity contribution in [1.82, 2.24) is 0 Å². The number of carbonyl (C=O) groups excluding carboxylic acids is 1. The zero-order chi connectivity index (χ0) is 13.5. The van der Waals surface area contributed by atoms with Gasteiger partial charge in [0.05, 0.1) is 0 Å². The minimum atomic E-state index is 0.0989. The van der Waals surface area contributed by atoms with Crippen LogP contribution >= 0.6 is 0 Å². The molecule has 0 saturated carbocycles. The molecular weight excluding hydrogens is 220 g/mol. The zero-order valence-corrected chi connectivity index (χ0v) is 11.5. The van der Waals surface area contributed by atoms with Crippen LogP contribution in [0.15, 0.2) is 48.5 Å². The number of rotatable bonds is 2. The van der Waals surface area contributed by atoms with Crippen molar-refractivity contribution >= 4 is 5.78 Å². The monoisotopic (exact) mass is 240 g/mol. The Morgan fingerprint density at radius 3 is 2.17 bits per heavy atom. The van der Waals surface area contributed by atoms with E-state index in [-0.39, 0.29) is 5.78 Å². The van der Waals surface area contributed by atoms with Gasteiger partial charge in [-0.2, -0.15) is 0 Å². The molecule has 1 nitrogen and oxygen atoms in total. The molecule has 0 unspecified atom stereocenters. The summed E-state index contributed by atoms with van der Waals surface area (Å²) in [4.78, 5) is 12.2. The molecule has 2 aromatic carbocycles. The predicted molar refractivity (Wildman–Crippen MR) is 77.1 cm³/mol. The van der Waals surface area contributed by atoms with Crippen molar-refractivity contribution in [3.63, 3.8) is 0 Å². The van der Waals surface area contributed by atoms with E-state index in [1.165, 1.54) is 0 Å². The summed E-state index contributed by atoms with van der Waals surface area (Å²) < 4.78 is 0. The van der Waals surface area contributed by atoms with E-state index < -0.39 is 0 Å². The Labute approximate surface area is 109 Å². The van der Waals surface area contributed by atoms with Crippen molar-refractivity contribution in [3.05, 3.63) is 70.8 Å². The molecule has 0 aliphatic rings. The van der Waals surface area contributed by atoms with Gasteiger partial charge in [-0.1, -0.05) is 61.9 Å². The molecule has 1 heteroatoms. The van der Waals surface area contributed by atoms with Gasteiger partial charge in [0.25, 0.3) is 0 Å². The molecule has 0 aliphatic heterocycles. The third-order valence-corrected chi connectivity index (χ3v) is 2.67. The van der Waals surface area contributed by atoms with Gasteiger partial charge in [-0.25, -0.2) is 0 Å². The largest absolute Gasteiger partial charge is 0.289 e. The first kappa shape index (κ1) is 14.2. The van der Waals surface area contributed by atoms with Gasteiger partial charge < -0.3 is 0 Å². The van der Waals surface area contributed by atoms with Gasteiger partial charge >= 0.3 is 0 Å². The lowest BCUT2D eigenvalue weighted by Crippen LogP contribution is -2.03. The maximum atomic E-state index is 12.2. The number of benzene rings is 2. The van der Waals surface area contributed by atoms with Crippen LogP contribution in [0.5, 0.6) is 0 Å². The highest BCUT2D eigenvalue weighted by Gasteiger charge is 2.10. The Morgan fingerprint density at radius 1 is 0.889 bits per heavy atom. The van der Waals surface area contributed by atoms with Gasteiger partial charge in [0.15, 0.2) is 5.78 Å². The smallest absolute Gasteiger partial charge is 0.193 e. The first-order valence-corrected chi connectivity index (χ1v) is 6.35. The molecule has 2 aromatic rings. The molecule has 0 atom stereocenters. The van der Waals surface area contributed by atoms with Crippen molar-refractivity contribution in [2.75, 3.05) is 0 Å². The second-order valence-corrected chi connectivity index (χ2v) is 4.01. The van der Waals surface area contributed by atoms with E-state index in [0.29, 0.717) is 0 Å². The average Bonchev–Trinajstić information content (AvgIpc) is 2.41. The van der Waals surface area contributed by atoms with E-state index in [0.717, 1.165) is 22.3 Å². The van der Waals surface area contributed by atoms with Crippen LogP contribution in [0.25, 0.3) is 0 Å². The molecule has 0 fully saturated rings. The van der Waals surface area contributed by atoms with Crippen LogP contribution in [0.4, 0.5) is 0 Å². The highest BCUT2D eigenvalue weighted by Crippen LogP contribution is 2.14. The molecule has 2 rings (SSSR count).